The number of aromatic nitrogens is 1. The second-order valence-corrected chi connectivity index (χ2v) is 6.17. The Balaban J connectivity index is 1.92. The van der Waals surface area contributed by atoms with Crippen LogP contribution < -0.4 is 5.56 Å². The summed E-state index contributed by atoms with van der Waals surface area (Å²) in [5, 5.41) is 6.39. The number of nitrogens with one attached hydrogen (secondary N) is 1. The van der Waals surface area contributed by atoms with Gasteiger partial charge in [0, 0.05) is 44.2 Å². The van der Waals surface area contributed by atoms with E-state index in [2.05, 4.69) is 48.2 Å². The predicted molar refractivity (Wildman–Crippen MR) is 86.5 cm³/mol. The van der Waals surface area contributed by atoms with Crippen LogP contribution in [0.5, 0.6) is 0 Å². The van der Waals surface area contributed by atoms with Gasteiger partial charge in [-0.3, -0.25) is 4.79 Å². The lowest BCUT2D eigenvalue weighted by molar-refractivity contribution is 0.00198. The number of benzene rings is 1. The third-order valence-corrected chi connectivity index (χ3v) is 4.60. The minimum atomic E-state index is 0.0428. The molecule has 1 N–H and O–H groups in total. The number of aromatic amines is 1. The van der Waals surface area contributed by atoms with Crippen LogP contribution in [0.3, 0.4) is 0 Å². The molecule has 4 heteroatoms. The van der Waals surface area contributed by atoms with Crippen LogP contribution in [-0.2, 0) is 0 Å². The summed E-state index contributed by atoms with van der Waals surface area (Å²) in [6.07, 6.45) is 2.18. The van der Waals surface area contributed by atoms with Crippen molar-refractivity contribution in [2.75, 3.05) is 27.2 Å². The molecule has 3 rings (SSSR count). The largest absolute Gasteiger partial charge is 0.325 e. The van der Waals surface area contributed by atoms with Gasteiger partial charge >= 0.3 is 0 Å². The van der Waals surface area contributed by atoms with Crippen LogP contribution in [0.4, 0.5) is 0 Å². The Labute approximate surface area is 125 Å². The van der Waals surface area contributed by atoms with Crippen LogP contribution in [-0.4, -0.2) is 42.2 Å². The van der Waals surface area contributed by atoms with Crippen molar-refractivity contribution in [3.63, 3.8) is 0 Å². The molecular formula is C17H23N3O. The van der Waals surface area contributed by atoms with Crippen LogP contribution in [0.2, 0.25) is 0 Å². The number of H-pyrrole nitrogens is 1. The van der Waals surface area contributed by atoms with Crippen molar-refractivity contribution in [1.29, 1.82) is 0 Å². The molecule has 0 aliphatic carbocycles. The number of hydrogen-bond donors (Lipinski definition) is 1. The normalized spacial score (nSPS) is 17.7. The van der Waals surface area contributed by atoms with Crippen LogP contribution >= 0.6 is 0 Å². The van der Waals surface area contributed by atoms with Crippen LogP contribution in [0.1, 0.15) is 30.0 Å². The van der Waals surface area contributed by atoms with Gasteiger partial charge in [0.15, 0.2) is 0 Å². The number of hydrogen-bond acceptors (Lipinski definition) is 3. The Bertz CT molecular complexity index is 697. The van der Waals surface area contributed by atoms with Crippen molar-refractivity contribution in [2.24, 2.45) is 0 Å². The summed E-state index contributed by atoms with van der Waals surface area (Å²) in [4.78, 5) is 15.4. The van der Waals surface area contributed by atoms with E-state index < -0.39 is 0 Å². The molecule has 0 saturated carbocycles. The summed E-state index contributed by atoms with van der Waals surface area (Å²) in [6, 6.07) is 8.10. The predicted octanol–water partition coefficient (Wildman–Crippen LogP) is 2.49. The fourth-order valence-electron chi connectivity index (χ4n) is 3.26. The average molecular weight is 285 g/mol. The number of rotatable bonds is 2. The van der Waals surface area contributed by atoms with Gasteiger partial charge in [-0.1, -0.05) is 12.1 Å². The van der Waals surface area contributed by atoms with E-state index >= 15 is 0 Å². The third-order valence-electron chi connectivity index (χ3n) is 4.60. The van der Waals surface area contributed by atoms with Crippen molar-refractivity contribution in [3.8, 4) is 0 Å². The van der Waals surface area contributed by atoms with Crippen LogP contribution in [0.15, 0.2) is 29.1 Å². The smallest absolute Gasteiger partial charge is 0.256 e. The summed E-state index contributed by atoms with van der Waals surface area (Å²) in [6.45, 7) is 4.16. The summed E-state index contributed by atoms with van der Waals surface area (Å²) in [5.74, 6) is 0.456. The molecule has 0 atom stereocenters. The molecule has 0 unspecified atom stereocenters. The van der Waals surface area contributed by atoms with Gasteiger partial charge in [-0.05, 0) is 42.8 Å². The van der Waals surface area contributed by atoms with E-state index in [1.54, 1.807) is 0 Å². The fraction of sp³-hybridized carbons (Fsp3) is 0.471. The van der Waals surface area contributed by atoms with Gasteiger partial charge in [-0.25, -0.2) is 10.0 Å². The second-order valence-electron chi connectivity index (χ2n) is 6.17. The maximum Gasteiger partial charge on any atom is 0.256 e. The SMILES string of the molecule is Cc1cccc2c(=O)[nH]c(C3CCN(N(C)C)CC3)cc12. The number of piperidine rings is 1. The van der Waals surface area contributed by atoms with Gasteiger partial charge in [0.25, 0.3) is 5.56 Å². The molecule has 112 valence electrons. The van der Waals surface area contributed by atoms with E-state index in [0.717, 1.165) is 42.4 Å². The standard InChI is InChI=1S/C17H23N3O/c1-12-5-4-6-14-15(12)11-16(18-17(14)21)13-7-9-20(10-8-13)19(2)3/h4-6,11,13H,7-10H2,1-3H3,(H,18,21). The van der Waals surface area contributed by atoms with E-state index in [9.17, 15) is 4.79 Å². The summed E-state index contributed by atoms with van der Waals surface area (Å²) >= 11 is 0. The zero-order chi connectivity index (χ0) is 15.0. The highest BCUT2D eigenvalue weighted by molar-refractivity contribution is 5.85. The molecule has 1 aliphatic heterocycles. The Hall–Kier alpha value is -1.65. The number of nitrogens with zero attached hydrogens (tertiary/aromatic N) is 2. The third kappa shape index (κ3) is 2.74. The molecule has 0 bridgehead atoms. The molecule has 0 radical (unpaired) electrons. The molecule has 1 aromatic heterocycles. The maximum absolute atomic E-state index is 12.3. The quantitative estimate of drug-likeness (QED) is 0.921. The highest BCUT2D eigenvalue weighted by Crippen LogP contribution is 2.28. The Morgan fingerprint density at radius 3 is 2.57 bits per heavy atom. The van der Waals surface area contributed by atoms with Gasteiger partial charge in [-0.2, -0.15) is 0 Å². The van der Waals surface area contributed by atoms with Gasteiger partial charge in [0.2, 0.25) is 0 Å². The molecule has 1 aromatic carbocycles. The van der Waals surface area contributed by atoms with E-state index in [0.29, 0.717) is 5.92 Å². The average Bonchev–Trinajstić information content (AvgIpc) is 2.48. The minimum absolute atomic E-state index is 0.0428. The number of aryl methyl sites for hydroxylation is 1. The summed E-state index contributed by atoms with van der Waals surface area (Å²) in [7, 11) is 4.17. The van der Waals surface area contributed by atoms with E-state index in [1.165, 1.54) is 5.56 Å². The summed E-state index contributed by atoms with van der Waals surface area (Å²) in [5.41, 5.74) is 2.31. The Morgan fingerprint density at radius 1 is 1.19 bits per heavy atom. The molecule has 0 spiro atoms. The molecular weight excluding hydrogens is 262 g/mol. The molecule has 1 aliphatic rings. The first-order chi connectivity index (χ1) is 10.1. The first kappa shape index (κ1) is 14.3. The molecule has 1 saturated heterocycles. The molecule has 2 aromatic rings. The highest BCUT2D eigenvalue weighted by atomic mass is 16.1. The molecule has 21 heavy (non-hydrogen) atoms. The lowest BCUT2D eigenvalue weighted by Gasteiger charge is -2.35. The first-order valence-electron chi connectivity index (χ1n) is 7.61. The number of fused-ring (bicyclic) bond motifs is 1. The molecule has 2 heterocycles. The Morgan fingerprint density at radius 2 is 1.90 bits per heavy atom. The van der Waals surface area contributed by atoms with E-state index in [4.69, 9.17) is 0 Å². The van der Waals surface area contributed by atoms with Gasteiger partial charge < -0.3 is 4.98 Å². The van der Waals surface area contributed by atoms with Crippen molar-refractivity contribution in [2.45, 2.75) is 25.7 Å². The topological polar surface area (TPSA) is 39.3 Å². The fourth-order valence-corrected chi connectivity index (χ4v) is 3.26. The summed E-state index contributed by atoms with van der Waals surface area (Å²) < 4.78 is 0. The monoisotopic (exact) mass is 285 g/mol. The second kappa shape index (κ2) is 5.62. The zero-order valence-electron chi connectivity index (χ0n) is 13.0. The highest BCUT2D eigenvalue weighted by Gasteiger charge is 2.22. The van der Waals surface area contributed by atoms with Crippen LogP contribution in [0, 0.1) is 6.92 Å². The molecule has 1 fully saturated rings. The molecule has 0 amide bonds. The Kier molecular flexibility index (Phi) is 3.83. The van der Waals surface area contributed by atoms with Crippen molar-refractivity contribution in [1.82, 2.24) is 15.0 Å². The van der Waals surface area contributed by atoms with Crippen molar-refractivity contribution < 1.29 is 0 Å². The van der Waals surface area contributed by atoms with Crippen molar-refractivity contribution in [3.05, 3.63) is 45.9 Å². The minimum Gasteiger partial charge on any atom is -0.325 e. The lowest BCUT2D eigenvalue weighted by Crippen LogP contribution is -2.42. The lowest BCUT2D eigenvalue weighted by atomic mass is 9.92. The van der Waals surface area contributed by atoms with E-state index in [1.807, 2.05) is 12.1 Å². The van der Waals surface area contributed by atoms with Crippen molar-refractivity contribution >= 4 is 10.8 Å². The number of pyridine rings is 1. The van der Waals surface area contributed by atoms with Gasteiger partial charge in [0.1, 0.15) is 0 Å². The van der Waals surface area contributed by atoms with Crippen LogP contribution in [0.25, 0.3) is 10.8 Å². The van der Waals surface area contributed by atoms with Gasteiger partial charge in [-0.15, -0.1) is 0 Å². The van der Waals surface area contributed by atoms with E-state index in [-0.39, 0.29) is 5.56 Å². The zero-order valence-corrected chi connectivity index (χ0v) is 13.0. The maximum atomic E-state index is 12.3. The first-order valence-corrected chi connectivity index (χ1v) is 7.61. The van der Waals surface area contributed by atoms with Gasteiger partial charge in [0.05, 0.1) is 0 Å². The number of hydrazine groups is 1. The molecule has 4 nitrogen and oxygen atoms in total.